The summed E-state index contributed by atoms with van der Waals surface area (Å²) in [6.07, 6.45) is 0.585. The number of hydrogen-bond acceptors (Lipinski definition) is 4. The molecule has 1 atom stereocenters. The van der Waals surface area contributed by atoms with Gasteiger partial charge in [-0.05, 0) is 51.2 Å². The van der Waals surface area contributed by atoms with Crippen LogP contribution in [-0.4, -0.2) is 30.0 Å². The Kier molecular flexibility index (Phi) is 8.99. The fourth-order valence-electron chi connectivity index (χ4n) is 2.31. The first-order valence-corrected chi connectivity index (χ1v) is 9.95. The molecule has 0 saturated heterocycles. The van der Waals surface area contributed by atoms with Crippen molar-refractivity contribution in [2.75, 3.05) is 13.1 Å². The summed E-state index contributed by atoms with van der Waals surface area (Å²) in [6.45, 7) is 12.5. The zero-order valence-electron chi connectivity index (χ0n) is 16.7. The quantitative estimate of drug-likeness (QED) is 0.659. The lowest BCUT2D eigenvalue weighted by atomic mass is 10.0. The second-order valence-corrected chi connectivity index (χ2v) is 9.06. The molecule has 0 bridgehead atoms. The molecule has 0 radical (unpaired) electrons. The fourth-order valence-corrected chi connectivity index (χ4v) is 3.11. The number of hydrogen-bond donors (Lipinski definition) is 2. The highest BCUT2D eigenvalue weighted by atomic mass is 32.2. The van der Waals surface area contributed by atoms with Crippen LogP contribution in [0, 0.1) is 5.92 Å². The maximum absolute atomic E-state index is 12.0. The minimum absolute atomic E-state index is 0.0712. The van der Waals surface area contributed by atoms with Crippen LogP contribution in [0.2, 0.25) is 0 Å². The summed E-state index contributed by atoms with van der Waals surface area (Å²) >= 11 is 1.25. The second-order valence-electron chi connectivity index (χ2n) is 7.74. The highest BCUT2D eigenvalue weighted by molar-refractivity contribution is 8.13. The minimum atomic E-state index is -0.524. The molecule has 0 aliphatic heterocycles. The molecule has 0 spiro atoms. The van der Waals surface area contributed by atoms with E-state index in [1.807, 2.05) is 27.7 Å². The van der Waals surface area contributed by atoms with Crippen molar-refractivity contribution in [3.8, 4) is 0 Å². The lowest BCUT2D eigenvalue weighted by molar-refractivity contribution is 0.0528. The molecule has 1 aromatic rings. The molecule has 0 aliphatic rings. The lowest BCUT2D eigenvalue weighted by Gasteiger charge is -2.19. The van der Waals surface area contributed by atoms with Crippen LogP contribution < -0.4 is 10.6 Å². The zero-order chi connectivity index (χ0) is 19.7. The van der Waals surface area contributed by atoms with Gasteiger partial charge in [0.05, 0.1) is 0 Å². The fraction of sp³-hybridized carbons (Fsp3) is 0.600. The van der Waals surface area contributed by atoms with Crippen LogP contribution >= 0.6 is 11.8 Å². The predicted octanol–water partition coefficient (Wildman–Crippen LogP) is 4.91. The van der Waals surface area contributed by atoms with E-state index in [1.165, 1.54) is 17.3 Å². The van der Waals surface area contributed by atoms with Gasteiger partial charge in [-0.2, -0.15) is 0 Å². The van der Waals surface area contributed by atoms with Crippen molar-refractivity contribution in [2.45, 2.75) is 58.8 Å². The molecule has 1 aromatic carbocycles. The number of alkyl carbamates (subject to hydrolysis) is 1. The topological polar surface area (TPSA) is 67.4 Å². The summed E-state index contributed by atoms with van der Waals surface area (Å²) in [5.41, 5.74) is 1.92. The van der Waals surface area contributed by atoms with Crippen molar-refractivity contribution in [2.24, 2.45) is 5.92 Å². The van der Waals surface area contributed by atoms with Crippen molar-refractivity contribution >= 4 is 23.1 Å². The molecule has 0 aliphatic carbocycles. The summed E-state index contributed by atoms with van der Waals surface area (Å²) < 4.78 is 5.13. The van der Waals surface area contributed by atoms with Crippen LogP contribution in [0.4, 0.5) is 9.59 Å². The maximum Gasteiger partial charge on any atom is 0.407 e. The average Bonchev–Trinajstić information content (AvgIpc) is 2.50. The van der Waals surface area contributed by atoms with Crippen molar-refractivity contribution < 1.29 is 14.3 Å². The highest BCUT2D eigenvalue weighted by Gasteiger charge is 2.16. The minimum Gasteiger partial charge on any atom is -0.444 e. The standard InChI is InChI=1S/C20H32N2O3S/c1-14(2)13-16-7-9-17(10-8-16)15(3)26-19(24)22-12-11-21-18(23)25-20(4,5)6/h7-10,14-15H,11-13H2,1-6H3,(H,21,23)(H,22,24)/t15-/m0/s1. The first-order chi connectivity index (χ1) is 12.1. The largest absolute Gasteiger partial charge is 0.444 e. The first kappa shape index (κ1) is 22.4. The summed E-state index contributed by atoms with van der Waals surface area (Å²) in [6, 6.07) is 8.45. The molecule has 1 rings (SSSR count). The predicted molar refractivity (Wildman–Crippen MR) is 109 cm³/mol. The van der Waals surface area contributed by atoms with Crippen molar-refractivity contribution in [3.05, 3.63) is 35.4 Å². The summed E-state index contributed by atoms with van der Waals surface area (Å²) in [7, 11) is 0. The number of rotatable bonds is 7. The molecule has 5 nitrogen and oxygen atoms in total. The van der Waals surface area contributed by atoms with E-state index in [0.29, 0.717) is 19.0 Å². The van der Waals surface area contributed by atoms with Gasteiger partial charge in [0.1, 0.15) is 5.60 Å². The molecule has 0 aromatic heterocycles. The van der Waals surface area contributed by atoms with Crippen LogP contribution in [0.3, 0.4) is 0 Å². The van der Waals surface area contributed by atoms with Crippen LogP contribution in [0.25, 0.3) is 0 Å². The third kappa shape index (κ3) is 9.70. The van der Waals surface area contributed by atoms with E-state index in [-0.39, 0.29) is 10.5 Å². The van der Waals surface area contributed by atoms with Crippen molar-refractivity contribution in [1.82, 2.24) is 10.6 Å². The van der Waals surface area contributed by atoms with Gasteiger partial charge in [0.15, 0.2) is 0 Å². The monoisotopic (exact) mass is 380 g/mol. The number of ether oxygens (including phenoxy) is 1. The number of carbonyl (C=O) groups is 2. The second kappa shape index (κ2) is 10.5. The van der Waals surface area contributed by atoms with E-state index >= 15 is 0 Å². The maximum atomic E-state index is 12.0. The van der Waals surface area contributed by atoms with Gasteiger partial charge in [0.2, 0.25) is 0 Å². The van der Waals surface area contributed by atoms with E-state index < -0.39 is 11.7 Å². The third-order valence-corrected chi connectivity index (χ3v) is 4.42. The van der Waals surface area contributed by atoms with Gasteiger partial charge in [0, 0.05) is 18.3 Å². The van der Waals surface area contributed by atoms with Gasteiger partial charge >= 0.3 is 6.09 Å². The molecule has 0 fully saturated rings. The number of benzene rings is 1. The Hall–Kier alpha value is -1.69. The Morgan fingerprint density at radius 1 is 1.04 bits per heavy atom. The van der Waals surface area contributed by atoms with Gasteiger partial charge in [0.25, 0.3) is 5.24 Å². The summed E-state index contributed by atoms with van der Waals surface area (Å²) in [4.78, 5) is 23.5. The van der Waals surface area contributed by atoms with Crippen LogP contribution in [0.1, 0.15) is 57.9 Å². The Bertz CT molecular complexity index is 580. The number of nitrogens with one attached hydrogen (secondary N) is 2. The van der Waals surface area contributed by atoms with Crippen LogP contribution in [-0.2, 0) is 11.2 Å². The molecule has 0 heterocycles. The molecule has 6 heteroatoms. The molecular formula is C20H32N2O3S. The summed E-state index contributed by atoms with van der Waals surface area (Å²) in [5.74, 6) is 0.632. The lowest BCUT2D eigenvalue weighted by Crippen LogP contribution is -2.37. The highest BCUT2D eigenvalue weighted by Crippen LogP contribution is 2.28. The molecule has 2 N–H and O–H groups in total. The van der Waals surface area contributed by atoms with Gasteiger partial charge in [-0.3, -0.25) is 4.79 Å². The first-order valence-electron chi connectivity index (χ1n) is 9.07. The smallest absolute Gasteiger partial charge is 0.407 e. The number of carbonyl (C=O) groups excluding carboxylic acids is 2. The van der Waals surface area contributed by atoms with Gasteiger partial charge in [-0.25, -0.2) is 4.79 Å². The van der Waals surface area contributed by atoms with Gasteiger partial charge in [-0.15, -0.1) is 0 Å². The van der Waals surface area contributed by atoms with Gasteiger partial charge < -0.3 is 15.4 Å². The third-order valence-electron chi connectivity index (χ3n) is 3.44. The van der Waals surface area contributed by atoms with Crippen molar-refractivity contribution in [1.29, 1.82) is 0 Å². The molecule has 146 valence electrons. The molecular weight excluding hydrogens is 348 g/mol. The Morgan fingerprint density at radius 3 is 2.15 bits per heavy atom. The SMILES string of the molecule is CC(C)Cc1ccc([C@H](C)SC(=O)NCCNC(=O)OC(C)(C)C)cc1. The van der Waals surface area contributed by atoms with E-state index in [0.717, 1.165) is 12.0 Å². The van der Waals surface area contributed by atoms with E-state index in [2.05, 4.69) is 48.7 Å². The Labute approximate surface area is 161 Å². The number of thioether (sulfide) groups is 1. The van der Waals surface area contributed by atoms with E-state index in [4.69, 9.17) is 4.74 Å². The Morgan fingerprint density at radius 2 is 1.62 bits per heavy atom. The average molecular weight is 381 g/mol. The number of amides is 2. The van der Waals surface area contributed by atoms with Gasteiger partial charge in [-0.1, -0.05) is 49.9 Å². The van der Waals surface area contributed by atoms with Crippen molar-refractivity contribution in [3.63, 3.8) is 0 Å². The zero-order valence-corrected chi connectivity index (χ0v) is 17.5. The van der Waals surface area contributed by atoms with E-state index in [9.17, 15) is 9.59 Å². The molecule has 2 amide bonds. The molecule has 26 heavy (non-hydrogen) atoms. The van der Waals surface area contributed by atoms with Crippen LogP contribution in [0.5, 0.6) is 0 Å². The Balaban J connectivity index is 2.31. The van der Waals surface area contributed by atoms with E-state index in [1.54, 1.807) is 0 Å². The van der Waals surface area contributed by atoms with Crippen LogP contribution in [0.15, 0.2) is 24.3 Å². The molecule has 0 saturated carbocycles. The molecule has 0 unspecified atom stereocenters. The normalized spacial score (nSPS) is 12.6. The summed E-state index contributed by atoms with van der Waals surface area (Å²) in [5, 5.41) is 5.38.